The highest BCUT2D eigenvalue weighted by molar-refractivity contribution is 5.78. The van der Waals surface area contributed by atoms with E-state index >= 15 is 0 Å². The SMILES string of the molecule is CCCC(C)C(=O)NC1CCC(c2ccccc2)CC1. The number of nitrogens with one attached hydrogen (secondary N) is 1. The van der Waals surface area contributed by atoms with E-state index in [1.807, 2.05) is 6.92 Å². The van der Waals surface area contributed by atoms with Crippen LogP contribution in [0.3, 0.4) is 0 Å². The minimum atomic E-state index is 0.159. The summed E-state index contributed by atoms with van der Waals surface area (Å²) in [5, 5.41) is 3.24. The van der Waals surface area contributed by atoms with Crippen LogP contribution in [0.15, 0.2) is 30.3 Å². The van der Waals surface area contributed by atoms with Crippen molar-refractivity contribution in [3.05, 3.63) is 35.9 Å². The van der Waals surface area contributed by atoms with Gasteiger partial charge in [0.2, 0.25) is 5.91 Å². The van der Waals surface area contributed by atoms with Gasteiger partial charge in [-0.15, -0.1) is 0 Å². The molecule has 0 aromatic heterocycles. The molecule has 1 N–H and O–H groups in total. The van der Waals surface area contributed by atoms with Crippen LogP contribution >= 0.6 is 0 Å². The molecule has 2 rings (SSSR count). The van der Waals surface area contributed by atoms with Gasteiger partial charge < -0.3 is 5.32 Å². The van der Waals surface area contributed by atoms with Crippen molar-refractivity contribution in [2.75, 3.05) is 0 Å². The molecule has 110 valence electrons. The van der Waals surface area contributed by atoms with Crippen LogP contribution in [-0.4, -0.2) is 11.9 Å². The number of carbonyl (C=O) groups excluding carboxylic acids is 1. The smallest absolute Gasteiger partial charge is 0.223 e. The normalized spacial score (nSPS) is 24.1. The predicted octanol–water partition coefficient (Wildman–Crippen LogP) is 4.27. The van der Waals surface area contributed by atoms with Gasteiger partial charge >= 0.3 is 0 Å². The maximum Gasteiger partial charge on any atom is 0.223 e. The highest BCUT2D eigenvalue weighted by Crippen LogP contribution is 2.32. The molecule has 0 radical (unpaired) electrons. The predicted molar refractivity (Wildman–Crippen MR) is 83.7 cm³/mol. The van der Waals surface area contributed by atoms with Gasteiger partial charge in [0.1, 0.15) is 0 Å². The summed E-state index contributed by atoms with van der Waals surface area (Å²) in [5.74, 6) is 1.08. The maximum atomic E-state index is 12.0. The van der Waals surface area contributed by atoms with Crippen molar-refractivity contribution in [3.63, 3.8) is 0 Å². The summed E-state index contributed by atoms with van der Waals surface area (Å²) in [6.07, 6.45) is 6.68. The molecule has 20 heavy (non-hydrogen) atoms. The molecule has 1 aromatic carbocycles. The van der Waals surface area contributed by atoms with Crippen LogP contribution in [0.25, 0.3) is 0 Å². The minimum Gasteiger partial charge on any atom is -0.353 e. The number of rotatable bonds is 5. The standard InChI is InChI=1S/C18H27NO/c1-3-7-14(2)18(20)19-17-12-10-16(11-13-17)15-8-5-4-6-9-15/h4-6,8-9,14,16-17H,3,7,10-13H2,1-2H3,(H,19,20). The van der Waals surface area contributed by atoms with Crippen LogP contribution < -0.4 is 5.32 Å². The molecule has 1 aliphatic rings. The third kappa shape index (κ3) is 4.09. The van der Waals surface area contributed by atoms with Gasteiger partial charge in [-0.1, -0.05) is 50.6 Å². The molecule has 0 spiro atoms. The fourth-order valence-corrected chi connectivity index (χ4v) is 3.20. The van der Waals surface area contributed by atoms with Crippen LogP contribution in [0.4, 0.5) is 0 Å². The number of hydrogen-bond donors (Lipinski definition) is 1. The molecule has 0 heterocycles. The molecule has 2 heteroatoms. The van der Waals surface area contributed by atoms with Crippen LogP contribution in [0.1, 0.15) is 63.9 Å². The topological polar surface area (TPSA) is 29.1 Å². The highest BCUT2D eigenvalue weighted by Gasteiger charge is 2.24. The van der Waals surface area contributed by atoms with E-state index in [0.717, 1.165) is 25.7 Å². The molecular weight excluding hydrogens is 246 g/mol. The largest absolute Gasteiger partial charge is 0.353 e. The average Bonchev–Trinajstić information content (AvgIpc) is 2.49. The lowest BCUT2D eigenvalue weighted by atomic mass is 9.81. The highest BCUT2D eigenvalue weighted by atomic mass is 16.1. The van der Waals surface area contributed by atoms with Gasteiger partial charge in [-0.2, -0.15) is 0 Å². The molecule has 1 amide bonds. The number of benzene rings is 1. The summed E-state index contributed by atoms with van der Waals surface area (Å²) in [6.45, 7) is 4.17. The Kier molecular flexibility index (Phi) is 5.63. The number of hydrogen-bond acceptors (Lipinski definition) is 1. The van der Waals surface area contributed by atoms with Crippen molar-refractivity contribution in [3.8, 4) is 0 Å². The fraction of sp³-hybridized carbons (Fsp3) is 0.611. The zero-order valence-corrected chi connectivity index (χ0v) is 12.8. The van der Waals surface area contributed by atoms with E-state index in [-0.39, 0.29) is 11.8 Å². The van der Waals surface area contributed by atoms with E-state index in [4.69, 9.17) is 0 Å². The number of carbonyl (C=O) groups is 1. The van der Waals surface area contributed by atoms with E-state index in [1.54, 1.807) is 0 Å². The summed E-state index contributed by atoms with van der Waals surface area (Å²) < 4.78 is 0. The molecule has 1 atom stereocenters. The van der Waals surface area contributed by atoms with Crippen molar-refractivity contribution in [2.45, 2.75) is 64.3 Å². The fourth-order valence-electron chi connectivity index (χ4n) is 3.20. The summed E-state index contributed by atoms with van der Waals surface area (Å²) in [6, 6.07) is 11.2. The van der Waals surface area contributed by atoms with Crippen molar-refractivity contribution in [1.82, 2.24) is 5.32 Å². The Balaban J connectivity index is 1.78. The van der Waals surface area contributed by atoms with Crippen LogP contribution in [0, 0.1) is 5.92 Å². The molecule has 1 aromatic rings. The zero-order valence-electron chi connectivity index (χ0n) is 12.8. The van der Waals surface area contributed by atoms with Crippen LogP contribution in [0.5, 0.6) is 0 Å². The lowest BCUT2D eigenvalue weighted by Crippen LogP contribution is -2.40. The van der Waals surface area contributed by atoms with Gasteiger partial charge in [0.15, 0.2) is 0 Å². The van der Waals surface area contributed by atoms with Gasteiger partial charge in [-0.05, 0) is 43.6 Å². The van der Waals surface area contributed by atoms with Crippen molar-refractivity contribution >= 4 is 5.91 Å². The van der Waals surface area contributed by atoms with E-state index < -0.39 is 0 Å². The minimum absolute atomic E-state index is 0.159. The second-order valence-corrected chi connectivity index (χ2v) is 6.16. The first-order valence-electron chi connectivity index (χ1n) is 8.06. The summed E-state index contributed by atoms with van der Waals surface area (Å²) in [7, 11) is 0. The molecule has 1 saturated carbocycles. The van der Waals surface area contributed by atoms with E-state index in [0.29, 0.717) is 12.0 Å². The molecule has 0 saturated heterocycles. The van der Waals surface area contributed by atoms with Gasteiger partial charge in [0.25, 0.3) is 0 Å². The first kappa shape index (κ1) is 15.1. The summed E-state index contributed by atoms with van der Waals surface area (Å²) >= 11 is 0. The Labute approximate surface area is 123 Å². The lowest BCUT2D eigenvalue weighted by molar-refractivity contribution is -0.125. The molecule has 1 fully saturated rings. The van der Waals surface area contributed by atoms with Crippen molar-refractivity contribution in [1.29, 1.82) is 0 Å². The van der Waals surface area contributed by atoms with Crippen LogP contribution in [0.2, 0.25) is 0 Å². The molecule has 1 unspecified atom stereocenters. The van der Waals surface area contributed by atoms with Crippen molar-refractivity contribution in [2.24, 2.45) is 5.92 Å². The Hall–Kier alpha value is -1.31. The first-order chi connectivity index (χ1) is 9.70. The summed E-state index contributed by atoms with van der Waals surface area (Å²) in [4.78, 5) is 12.0. The van der Waals surface area contributed by atoms with Crippen LogP contribution in [-0.2, 0) is 4.79 Å². The van der Waals surface area contributed by atoms with Gasteiger partial charge in [-0.25, -0.2) is 0 Å². The third-order valence-electron chi connectivity index (χ3n) is 4.51. The Bertz CT molecular complexity index is 407. The average molecular weight is 273 g/mol. The summed E-state index contributed by atoms with van der Waals surface area (Å²) in [5.41, 5.74) is 1.46. The maximum absolute atomic E-state index is 12.0. The molecule has 0 aliphatic heterocycles. The lowest BCUT2D eigenvalue weighted by Gasteiger charge is -2.30. The Morgan fingerprint density at radius 2 is 1.85 bits per heavy atom. The van der Waals surface area contributed by atoms with E-state index in [1.165, 1.54) is 18.4 Å². The molecular formula is C18H27NO. The number of amides is 1. The van der Waals surface area contributed by atoms with E-state index in [9.17, 15) is 4.79 Å². The molecule has 1 aliphatic carbocycles. The van der Waals surface area contributed by atoms with Gasteiger partial charge in [-0.3, -0.25) is 4.79 Å². The molecule has 2 nitrogen and oxygen atoms in total. The second-order valence-electron chi connectivity index (χ2n) is 6.16. The van der Waals surface area contributed by atoms with Gasteiger partial charge in [0, 0.05) is 12.0 Å². The Morgan fingerprint density at radius 1 is 1.20 bits per heavy atom. The van der Waals surface area contributed by atoms with E-state index in [2.05, 4.69) is 42.6 Å². The van der Waals surface area contributed by atoms with Crippen molar-refractivity contribution < 1.29 is 4.79 Å². The quantitative estimate of drug-likeness (QED) is 0.853. The zero-order chi connectivity index (χ0) is 14.4. The van der Waals surface area contributed by atoms with Gasteiger partial charge in [0.05, 0.1) is 0 Å². The Morgan fingerprint density at radius 3 is 2.45 bits per heavy atom. The second kappa shape index (κ2) is 7.47. The first-order valence-corrected chi connectivity index (χ1v) is 8.06. The monoisotopic (exact) mass is 273 g/mol. The molecule has 0 bridgehead atoms. The third-order valence-corrected chi connectivity index (χ3v) is 4.51.